The van der Waals surface area contributed by atoms with Gasteiger partial charge in [0.1, 0.15) is 0 Å². The molecule has 0 spiro atoms. The van der Waals surface area contributed by atoms with Gasteiger partial charge >= 0.3 is 0 Å². The fourth-order valence-electron chi connectivity index (χ4n) is 4.22. The molecule has 3 heterocycles. The zero-order valence-corrected chi connectivity index (χ0v) is 15.4. The van der Waals surface area contributed by atoms with Gasteiger partial charge in [-0.25, -0.2) is 4.68 Å². The Morgan fingerprint density at radius 3 is 2.73 bits per heavy atom. The van der Waals surface area contributed by atoms with Gasteiger partial charge in [-0.3, -0.25) is 4.79 Å². The third kappa shape index (κ3) is 3.51. The second-order valence-electron chi connectivity index (χ2n) is 7.54. The minimum Gasteiger partial charge on any atom is -0.337 e. The van der Waals surface area contributed by atoms with Gasteiger partial charge in [0.2, 0.25) is 0 Å². The summed E-state index contributed by atoms with van der Waals surface area (Å²) in [6, 6.07) is 10.9. The molecule has 26 heavy (non-hydrogen) atoms. The number of likely N-dealkylation sites (tertiary alicyclic amines) is 1. The lowest BCUT2D eigenvalue weighted by Crippen LogP contribution is -2.31. The summed E-state index contributed by atoms with van der Waals surface area (Å²) in [5.41, 5.74) is 2.79. The Hall–Kier alpha value is -2.21. The summed E-state index contributed by atoms with van der Waals surface area (Å²) in [6.07, 6.45) is 4.18. The predicted molar refractivity (Wildman–Crippen MR) is 100 cm³/mol. The normalized spacial score (nSPS) is 21.3. The molecule has 1 atom stereocenters. The number of benzene rings is 1. The third-order valence-corrected chi connectivity index (χ3v) is 5.72. The lowest BCUT2D eigenvalue weighted by atomic mass is 9.99. The fourth-order valence-corrected chi connectivity index (χ4v) is 4.22. The first-order chi connectivity index (χ1) is 12.7. The number of hydrogen-bond acceptors (Lipinski definition) is 4. The molecule has 1 N–H and O–H groups in total. The summed E-state index contributed by atoms with van der Waals surface area (Å²) in [5, 5.41) is 11.9. The van der Waals surface area contributed by atoms with Crippen LogP contribution >= 0.6 is 0 Å². The van der Waals surface area contributed by atoms with Gasteiger partial charge in [0.15, 0.2) is 5.69 Å². The van der Waals surface area contributed by atoms with Crippen molar-refractivity contribution in [3.8, 4) is 0 Å². The van der Waals surface area contributed by atoms with Crippen molar-refractivity contribution in [1.29, 1.82) is 0 Å². The zero-order valence-electron chi connectivity index (χ0n) is 15.4. The van der Waals surface area contributed by atoms with Gasteiger partial charge in [0, 0.05) is 13.1 Å². The van der Waals surface area contributed by atoms with Crippen LogP contribution in [0.25, 0.3) is 0 Å². The summed E-state index contributed by atoms with van der Waals surface area (Å²) in [7, 11) is 0. The van der Waals surface area contributed by atoms with Crippen LogP contribution in [0.5, 0.6) is 0 Å². The molecule has 138 valence electrons. The summed E-state index contributed by atoms with van der Waals surface area (Å²) < 4.78 is 1.96. The number of nitrogens with one attached hydrogen (secondary N) is 1. The predicted octanol–water partition coefficient (Wildman–Crippen LogP) is 2.22. The molecule has 1 amide bonds. The molecule has 4 rings (SSSR count). The quantitative estimate of drug-likeness (QED) is 0.915. The molecule has 2 aliphatic rings. The minimum atomic E-state index is 0.0400. The molecule has 0 radical (unpaired) electrons. The summed E-state index contributed by atoms with van der Waals surface area (Å²) in [6.45, 7) is 5.61. The number of carbonyl (C=O) groups excluding carboxylic acids is 1. The van der Waals surface area contributed by atoms with Crippen molar-refractivity contribution < 1.29 is 4.79 Å². The molecule has 2 aliphatic heterocycles. The van der Waals surface area contributed by atoms with Crippen molar-refractivity contribution in [3.63, 3.8) is 0 Å². The van der Waals surface area contributed by atoms with E-state index in [2.05, 4.69) is 39.9 Å². The molecule has 0 saturated carbocycles. The van der Waals surface area contributed by atoms with E-state index in [1.54, 1.807) is 0 Å². The van der Waals surface area contributed by atoms with E-state index in [1.807, 2.05) is 22.6 Å². The topological polar surface area (TPSA) is 63.1 Å². The minimum absolute atomic E-state index is 0.0400. The Kier molecular flexibility index (Phi) is 5.02. The van der Waals surface area contributed by atoms with E-state index in [4.69, 9.17) is 0 Å². The van der Waals surface area contributed by atoms with Gasteiger partial charge in [-0.2, -0.15) is 0 Å². The van der Waals surface area contributed by atoms with E-state index in [0.29, 0.717) is 17.7 Å². The number of piperidine rings is 1. The van der Waals surface area contributed by atoms with Crippen LogP contribution in [-0.4, -0.2) is 52.0 Å². The zero-order chi connectivity index (χ0) is 17.9. The van der Waals surface area contributed by atoms with Crippen molar-refractivity contribution >= 4 is 5.91 Å². The van der Waals surface area contributed by atoms with Crippen LogP contribution in [0.15, 0.2) is 30.3 Å². The average molecular weight is 353 g/mol. The van der Waals surface area contributed by atoms with Crippen LogP contribution in [0.4, 0.5) is 0 Å². The molecular formula is C20H27N5O. The van der Waals surface area contributed by atoms with Crippen molar-refractivity contribution in [2.75, 3.05) is 26.2 Å². The highest BCUT2D eigenvalue weighted by Crippen LogP contribution is 2.24. The molecule has 2 fully saturated rings. The van der Waals surface area contributed by atoms with Gasteiger partial charge < -0.3 is 10.2 Å². The Labute approximate surface area is 154 Å². The molecule has 0 bridgehead atoms. The van der Waals surface area contributed by atoms with Gasteiger partial charge in [-0.05, 0) is 57.2 Å². The number of nitrogens with zero attached hydrogens (tertiary/aromatic N) is 4. The van der Waals surface area contributed by atoms with Crippen molar-refractivity contribution in [2.24, 2.45) is 5.92 Å². The van der Waals surface area contributed by atoms with Crippen molar-refractivity contribution in [2.45, 2.75) is 38.6 Å². The molecule has 1 unspecified atom stereocenters. The molecular weight excluding hydrogens is 326 g/mol. The van der Waals surface area contributed by atoms with Gasteiger partial charge in [0.05, 0.1) is 11.7 Å². The fraction of sp³-hybridized carbons (Fsp3) is 0.550. The van der Waals surface area contributed by atoms with E-state index in [-0.39, 0.29) is 5.91 Å². The Morgan fingerprint density at radius 2 is 1.96 bits per heavy atom. The molecule has 6 nitrogen and oxygen atoms in total. The highest BCUT2D eigenvalue weighted by molar-refractivity contribution is 5.93. The summed E-state index contributed by atoms with van der Waals surface area (Å²) in [4.78, 5) is 14.9. The Balaban J connectivity index is 1.41. The van der Waals surface area contributed by atoms with E-state index in [1.165, 1.54) is 5.56 Å². The number of amides is 1. The largest absolute Gasteiger partial charge is 0.337 e. The molecule has 2 aromatic rings. The van der Waals surface area contributed by atoms with Crippen LogP contribution in [0.1, 0.15) is 47.1 Å². The van der Waals surface area contributed by atoms with Crippen LogP contribution in [0, 0.1) is 12.8 Å². The lowest BCUT2D eigenvalue weighted by Gasteiger charge is -2.23. The number of carbonyl (C=O) groups is 1. The first-order valence-electron chi connectivity index (χ1n) is 9.68. The van der Waals surface area contributed by atoms with Gasteiger partial charge in [-0.15, -0.1) is 5.10 Å². The molecule has 1 aromatic heterocycles. The highest BCUT2D eigenvalue weighted by Gasteiger charge is 2.31. The van der Waals surface area contributed by atoms with E-state index in [0.717, 1.165) is 57.6 Å². The maximum atomic E-state index is 13.0. The lowest BCUT2D eigenvalue weighted by molar-refractivity contribution is 0.0780. The maximum absolute atomic E-state index is 13.0. The second kappa shape index (κ2) is 7.58. The monoisotopic (exact) mass is 353 g/mol. The van der Waals surface area contributed by atoms with Gasteiger partial charge in [0.25, 0.3) is 5.91 Å². The van der Waals surface area contributed by atoms with E-state index < -0.39 is 0 Å². The standard InChI is InChI=1S/C20H27N5O/c1-15-19(22-23-25(15)18-7-10-21-11-8-18)20(26)24-12-9-17(14-24)13-16-5-3-2-4-6-16/h2-6,17-18,21H,7-14H2,1H3. The third-order valence-electron chi connectivity index (χ3n) is 5.72. The SMILES string of the molecule is Cc1c(C(=O)N2CCC(Cc3ccccc3)C2)nnn1C1CCNCC1. The first-order valence-corrected chi connectivity index (χ1v) is 9.68. The maximum Gasteiger partial charge on any atom is 0.276 e. The van der Waals surface area contributed by atoms with E-state index in [9.17, 15) is 4.79 Å². The molecule has 0 aliphatic carbocycles. The molecule has 1 aromatic carbocycles. The van der Waals surface area contributed by atoms with Crippen molar-refractivity contribution in [3.05, 3.63) is 47.3 Å². The molecule has 2 saturated heterocycles. The van der Waals surface area contributed by atoms with Crippen LogP contribution in [-0.2, 0) is 6.42 Å². The van der Waals surface area contributed by atoms with Crippen molar-refractivity contribution in [1.82, 2.24) is 25.2 Å². The number of rotatable bonds is 4. The summed E-state index contributed by atoms with van der Waals surface area (Å²) in [5.74, 6) is 0.569. The first kappa shape index (κ1) is 17.2. The number of aromatic nitrogens is 3. The number of hydrogen-bond donors (Lipinski definition) is 1. The highest BCUT2D eigenvalue weighted by atomic mass is 16.2. The van der Waals surface area contributed by atoms with E-state index >= 15 is 0 Å². The van der Waals surface area contributed by atoms with Crippen LogP contribution in [0.2, 0.25) is 0 Å². The smallest absolute Gasteiger partial charge is 0.276 e. The Bertz CT molecular complexity index is 751. The van der Waals surface area contributed by atoms with Gasteiger partial charge in [-0.1, -0.05) is 35.5 Å². The average Bonchev–Trinajstić information content (AvgIpc) is 3.30. The van der Waals surface area contributed by atoms with Crippen LogP contribution < -0.4 is 5.32 Å². The summed E-state index contributed by atoms with van der Waals surface area (Å²) >= 11 is 0. The Morgan fingerprint density at radius 1 is 1.19 bits per heavy atom. The second-order valence-corrected chi connectivity index (χ2v) is 7.54. The van der Waals surface area contributed by atoms with Crippen LogP contribution in [0.3, 0.4) is 0 Å². The molecule has 6 heteroatoms.